The molecule has 0 saturated heterocycles. The van der Waals surface area contributed by atoms with Gasteiger partial charge in [-0.15, -0.1) is 0 Å². The summed E-state index contributed by atoms with van der Waals surface area (Å²) >= 11 is 5.88. The molecule has 0 heterocycles. The highest BCUT2D eigenvalue weighted by molar-refractivity contribution is 7.92. The maximum Gasteiger partial charge on any atom is 0.237 e. The first kappa shape index (κ1) is 21.3. The van der Waals surface area contributed by atoms with Gasteiger partial charge in [0.1, 0.15) is 18.1 Å². The molecule has 0 aliphatic rings. The highest BCUT2D eigenvalue weighted by Crippen LogP contribution is 2.16. The Morgan fingerprint density at radius 3 is 2.56 bits per heavy atom. The average Bonchev–Trinajstić information content (AvgIpc) is 2.62. The van der Waals surface area contributed by atoms with E-state index in [1.807, 2.05) is 30.3 Å². The number of hydrogen-bond acceptors (Lipinski definition) is 4. The Bertz CT molecular complexity index is 840. The summed E-state index contributed by atoms with van der Waals surface area (Å²) in [5.41, 5.74) is 1.09. The van der Waals surface area contributed by atoms with Crippen molar-refractivity contribution in [1.82, 2.24) is 4.90 Å². The van der Waals surface area contributed by atoms with Crippen molar-refractivity contribution in [3.63, 3.8) is 0 Å². The fraction of sp³-hybridized carbons (Fsp3) is 0.350. The fourth-order valence-electron chi connectivity index (χ4n) is 2.49. The number of aryl methyl sites for hydroxylation is 1. The van der Waals surface area contributed by atoms with Crippen LogP contribution in [0.4, 0.5) is 0 Å². The Balaban J connectivity index is 1.71. The van der Waals surface area contributed by atoms with Gasteiger partial charge in [-0.1, -0.05) is 48.0 Å². The second kappa shape index (κ2) is 10.3. The van der Waals surface area contributed by atoms with Crippen LogP contribution in [0.15, 0.2) is 54.6 Å². The molecular formula is C20H24ClNO4S. The zero-order chi connectivity index (χ0) is 19.7. The minimum absolute atomic E-state index is 0.000485. The van der Waals surface area contributed by atoms with Gasteiger partial charge in [-0.2, -0.15) is 0 Å². The van der Waals surface area contributed by atoms with E-state index >= 15 is 0 Å². The average molecular weight is 410 g/mol. The number of likely N-dealkylation sites (N-methyl/N-ethyl adjacent to an activating group) is 1. The van der Waals surface area contributed by atoms with Crippen LogP contribution in [0.25, 0.3) is 0 Å². The van der Waals surface area contributed by atoms with E-state index in [2.05, 4.69) is 0 Å². The standard InChI is InChI=1S/C20H24ClNO4S/c1-22(12-13-26-19-11-5-10-18(21)15-19)20(23)16-27(24,25)14-6-9-17-7-3-2-4-8-17/h2-5,7-8,10-11,15H,6,9,12-14,16H2,1H3. The Hall–Kier alpha value is -2.05. The molecule has 7 heteroatoms. The molecule has 0 spiro atoms. The van der Waals surface area contributed by atoms with Crippen molar-refractivity contribution in [2.45, 2.75) is 12.8 Å². The molecule has 146 valence electrons. The maximum atomic E-state index is 12.2. The molecule has 0 atom stereocenters. The number of amides is 1. The van der Waals surface area contributed by atoms with E-state index in [4.69, 9.17) is 16.3 Å². The van der Waals surface area contributed by atoms with Gasteiger partial charge >= 0.3 is 0 Å². The number of benzene rings is 2. The first-order chi connectivity index (χ1) is 12.9. The van der Waals surface area contributed by atoms with E-state index in [0.29, 0.717) is 30.2 Å². The number of halogens is 1. The van der Waals surface area contributed by atoms with Crippen molar-refractivity contribution in [3.8, 4) is 5.75 Å². The molecular weight excluding hydrogens is 386 g/mol. The molecule has 27 heavy (non-hydrogen) atoms. The number of ether oxygens (including phenoxy) is 1. The molecule has 2 rings (SSSR count). The summed E-state index contributed by atoms with van der Waals surface area (Å²) in [7, 11) is -1.86. The molecule has 5 nitrogen and oxygen atoms in total. The topological polar surface area (TPSA) is 63.7 Å². The molecule has 0 aliphatic heterocycles. The van der Waals surface area contributed by atoms with Gasteiger partial charge < -0.3 is 9.64 Å². The van der Waals surface area contributed by atoms with E-state index < -0.39 is 21.5 Å². The number of sulfone groups is 1. The van der Waals surface area contributed by atoms with Crippen LogP contribution < -0.4 is 4.74 Å². The quantitative estimate of drug-likeness (QED) is 0.604. The predicted octanol–water partition coefficient (Wildman–Crippen LogP) is 3.22. The second-order valence-corrected chi connectivity index (χ2v) is 8.92. The Morgan fingerprint density at radius 1 is 1.11 bits per heavy atom. The Labute approximate surface area is 165 Å². The van der Waals surface area contributed by atoms with E-state index in [-0.39, 0.29) is 12.4 Å². The zero-order valence-corrected chi connectivity index (χ0v) is 16.9. The SMILES string of the molecule is CN(CCOc1cccc(Cl)c1)C(=O)CS(=O)(=O)CCCc1ccccc1. The minimum Gasteiger partial charge on any atom is -0.492 e. The fourth-order valence-corrected chi connectivity index (χ4v) is 4.00. The number of carbonyl (C=O) groups excluding carboxylic acids is 1. The Kier molecular flexibility index (Phi) is 8.13. The van der Waals surface area contributed by atoms with Crippen molar-refractivity contribution >= 4 is 27.3 Å². The molecule has 2 aromatic rings. The largest absolute Gasteiger partial charge is 0.492 e. The number of hydrogen-bond donors (Lipinski definition) is 0. The van der Waals surface area contributed by atoms with E-state index in [1.54, 1.807) is 31.3 Å². The molecule has 0 aromatic heterocycles. The Morgan fingerprint density at radius 2 is 1.85 bits per heavy atom. The number of carbonyl (C=O) groups is 1. The molecule has 0 unspecified atom stereocenters. The van der Waals surface area contributed by atoms with Crippen LogP contribution in [0.3, 0.4) is 0 Å². The summed E-state index contributed by atoms with van der Waals surface area (Å²) in [4.78, 5) is 13.5. The molecule has 0 aliphatic carbocycles. The summed E-state index contributed by atoms with van der Waals surface area (Å²) in [6.07, 6.45) is 1.18. The third-order valence-electron chi connectivity index (χ3n) is 4.02. The van der Waals surface area contributed by atoms with Crippen molar-refractivity contribution in [2.24, 2.45) is 0 Å². The van der Waals surface area contributed by atoms with Gasteiger partial charge in [0.15, 0.2) is 9.84 Å². The van der Waals surface area contributed by atoms with Gasteiger partial charge in [-0.25, -0.2) is 8.42 Å². The van der Waals surface area contributed by atoms with Crippen LogP contribution >= 0.6 is 11.6 Å². The van der Waals surface area contributed by atoms with Gasteiger partial charge in [-0.05, 0) is 36.6 Å². The smallest absolute Gasteiger partial charge is 0.237 e. The highest BCUT2D eigenvalue weighted by atomic mass is 35.5. The van der Waals surface area contributed by atoms with Crippen molar-refractivity contribution in [1.29, 1.82) is 0 Å². The first-order valence-electron chi connectivity index (χ1n) is 8.72. The maximum absolute atomic E-state index is 12.2. The lowest BCUT2D eigenvalue weighted by Gasteiger charge is -2.17. The van der Waals surface area contributed by atoms with Gasteiger partial charge in [0.25, 0.3) is 0 Å². The van der Waals surface area contributed by atoms with Crippen LogP contribution in [-0.2, 0) is 21.1 Å². The molecule has 0 radical (unpaired) electrons. The van der Waals surface area contributed by atoms with Crippen LogP contribution in [0, 0.1) is 0 Å². The van der Waals surface area contributed by atoms with Crippen LogP contribution in [0.1, 0.15) is 12.0 Å². The summed E-state index contributed by atoms with van der Waals surface area (Å²) < 4.78 is 29.9. The molecule has 1 amide bonds. The second-order valence-electron chi connectivity index (χ2n) is 6.30. The number of rotatable bonds is 10. The van der Waals surface area contributed by atoms with Crippen LogP contribution in [0.5, 0.6) is 5.75 Å². The summed E-state index contributed by atoms with van der Waals surface area (Å²) in [6, 6.07) is 16.7. The van der Waals surface area contributed by atoms with Gasteiger partial charge in [0.2, 0.25) is 5.91 Å². The lowest BCUT2D eigenvalue weighted by Crippen LogP contribution is -2.36. The third-order valence-corrected chi connectivity index (χ3v) is 5.86. The van der Waals surface area contributed by atoms with Crippen molar-refractivity contribution < 1.29 is 17.9 Å². The van der Waals surface area contributed by atoms with Gasteiger partial charge in [-0.3, -0.25) is 4.79 Å². The monoisotopic (exact) mass is 409 g/mol. The predicted molar refractivity (Wildman–Crippen MR) is 108 cm³/mol. The number of nitrogens with zero attached hydrogens (tertiary/aromatic N) is 1. The normalized spacial score (nSPS) is 11.2. The summed E-state index contributed by atoms with van der Waals surface area (Å²) in [5.74, 6) is -0.294. The van der Waals surface area contributed by atoms with E-state index in [9.17, 15) is 13.2 Å². The summed E-state index contributed by atoms with van der Waals surface area (Å²) in [5, 5.41) is 0.568. The molecule has 0 saturated carbocycles. The molecule has 0 bridgehead atoms. The lowest BCUT2D eigenvalue weighted by atomic mass is 10.1. The van der Waals surface area contributed by atoms with Crippen LogP contribution in [-0.4, -0.2) is 50.9 Å². The summed E-state index contributed by atoms with van der Waals surface area (Å²) in [6.45, 7) is 0.557. The van der Waals surface area contributed by atoms with E-state index in [0.717, 1.165) is 5.56 Å². The highest BCUT2D eigenvalue weighted by Gasteiger charge is 2.19. The first-order valence-corrected chi connectivity index (χ1v) is 10.9. The minimum atomic E-state index is -3.43. The molecule has 0 fully saturated rings. The zero-order valence-electron chi connectivity index (χ0n) is 15.3. The van der Waals surface area contributed by atoms with Gasteiger partial charge in [0.05, 0.1) is 12.3 Å². The van der Waals surface area contributed by atoms with Gasteiger partial charge in [0, 0.05) is 12.1 Å². The lowest BCUT2D eigenvalue weighted by molar-refractivity contribution is -0.127. The van der Waals surface area contributed by atoms with Crippen molar-refractivity contribution in [3.05, 3.63) is 65.2 Å². The van der Waals surface area contributed by atoms with Crippen LogP contribution in [0.2, 0.25) is 5.02 Å². The van der Waals surface area contributed by atoms with Crippen molar-refractivity contribution in [2.75, 3.05) is 31.7 Å². The van der Waals surface area contributed by atoms with E-state index in [1.165, 1.54) is 4.90 Å². The molecule has 0 N–H and O–H groups in total. The molecule has 2 aromatic carbocycles. The third kappa shape index (κ3) is 8.01.